The van der Waals surface area contributed by atoms with Crippen molar-refractivity contribution in [2.75, 3.05) is 20.1 Å². The summed E-state index contributed by atoms with van der Waals surface area (Å²) in [6.07, 6.45) is 3.73. The maximum absolute atomic E-state index is 3.98. The Bertz CT molecular complexity index is 175. The van der Waals surface area contributed by atoms with Gasteiger partial charge in [0, 0.05) is 0 Å². The van der Waals surface area contributed by atoms with E-state index in [-0.39, 0.29) is 0 Å². The second kappa shape index (κ2) is 33.3. The van der Waals surface area contributed by atoms with Crippen LogP contribution in [0.4, 0.5) is 0 Å². The Labute approximate surface area is 151 Å². The summed E-state index contributed by atoms with van der Waals surface area (Å²) < 4.78 is 0. The molecule has 0 saturated carbocycles. The van der Waals surface area contributed by atoms with Crippen molar-refractivity contribution in [1.29, 1.82) is 0 Å². The lowest BCUT2D eigenvalue weighted by Gasteiger charge is -2.22. The molecule has 0 aromatic rings. The SMILES string of the molecule is C=C(C)CC(C)C(C)CCN(C)CC.CC.CC.CC.CCC. The van der Waals surface area contributed by atoms with Gasteiger partial charge in [-0.1, -0.05) is 88.2 Å². The Kier molecular flexibility index (Phi) is 49.5. The van der Waals surface area contributed by atoms with Gasteiger partial charge >= 0.3 is 0 Å². The number of hydrogen-bond acceptors (Lipinski definition) is 1. The molecule has 23 heavy (non-hydrogen) atoms. The number of nitrogens with zero attached hydrogens (tertiary/aromatic N) is 1. The molecule has 1 heteroatoms. The normalized spacial score (nSPS) is 11.0. The van der Waals surface area contributed by atoms with Crippen molar-refractivity contribution in [2.45, 2.75) is 102 Å². The van der Waals surface area contributed by atoms with E-state index in [1.54, 1.807) is 0 Å². The van der Waals surface area contributed by atoms with Crippen molar-refractivity contribution < 1.29 is 0 Å². The van der Waals surface area contributed by atoms with E-state index in [0.717, 1.165) is 18.4 Å². The molecule has 0 aromatic heterocycles. The van der Waals surface area contributed by atoms with E-state index in [4.69, 9.17) is 0 Å². The zero-order valence-electron chi connectivity index (χ0n) is 19.3. The summed E-state index contributed by atoms with van der Waals surface area (Å²) in [5.74, 6) is 1.58. The zero-order chi connectivity index (χ0) is 19.8. The summed E-state index contributed by atoms with van der Waals surface area (Å²) in [7, 11) is 2.19. The van der Waals surface area contributed by atoms with Crippen molar-refractivity contribution in [1.82, 2.24) is 4.90 Å². The first-order chi connectivity index (χ1) is 10.9. The van der Waals surface area contributed by atoms with Crippen LogP contribution < -0.4 is 0 Å². The van der Waals surface area contributed by atoms with Crippen molar-refractivity contribution >= 4 is 0 Å². The minimum atomic E-state index is 0.776. The van der Waals surface area contributed by atoms with Crippen LogP contribution in [0.3, 0.4) is 0 Å². The third-order valence-electron chi connectivity index (χ3n) is 3.15. The minimum absolute atomic E-state index is 0.776. The standard InChI is InChI=1S/C13H27N.C3H8.3C2H6/c1-7-14(6)9-8-12(4)13(5)10-11(2)3;1-3-2;3*1-2/h12-13H,2,7-10H2,1,3-6H3;3H2,1-2H3;3*1-2H3. The third-order valence-corrected chi connectivity index (χ3v) is 3.15. The molecule has 0 aliphatic rings. The molecule has 0 saturated heterocycles. The van der Waals surface area contributed by atoms with Gasteiger partial charge in [-0.2, -0.15) is 0 Å². The average Bonchev–Trinajstić information content (AvgIpc) is 2.57. The van der Waals surface area contributed by atoms with Gasteiger partial charge in [0.1, 0.15) is 0 Å². The van der Waals surface area contributed by atoms with Crippen LogP contribution >= 0.6 is 0 Å². The minimum Gasteiger partial charge on any atom is -0.307 e. The van der Waals surface area contributed by atoms with E-state index >= 15 is 0 Å². The van der Waals surface area contributed by atoms with Gasteiger partial charge in [0.15, 0.2) is 0 Å². The van der Waals surface area contributed by atoms with Gasteiger partial charge in [0.25, 0.3) is 0 Å². The van der Waals surface area contributed by atoms with Gasteiger partial charge in [0.05, 0.1) is 0 Å². The van der Waals surface area contributed by atoms with E-state index in [9.17, 15) is 0 Å². The lowest BCUT2D eigenvalue weighted by atomic mass is 9.88. The molecular formula is C22H53N. The first-order valence-corrected chi connectivity index (χ1v) is 10.2. The Hall–Kier alpha value is -0.300. The highest BCUT2D eigenvalue weighted by Gasteiger charge is 2.12. The Balaban J connectivity index is -0.000000101. The number of rotatable bonds is 7. The van der Waals surface area contributed by atoms with E-state index in [2.05, 4.69) is 60.1 Å². The smallest absolute Gasteiger partial charge is 0.00193 e. The van der Waals surface area contributed by atoms with Crippen LogP contribution in [0.5, 0.6) is 0 Å². The molecule has 146 valence electrons. The molecule has 0 rings (SSSR count). The molecule has 0 spiro atoms. The van der Waals surface area contributed by atoms with Gasteiger partial charge in [-0.3, -0.25) is 0 Å². The second-order valence-corrected chi connectivity index (χ2v) is 5.51. The Morgan fingerprint density at radius 2 is 1.22 bits per heavy atom. The first-order valence-electron chi connectivity index (χ1n) is 10.2. The summed E-state index contributed by atoms with van der Waals surface area (Å²) in [5.41, 5.74) is 1.31. The maximum Gasteiger partial charge on any atom is -0.00193 e. The quantitative estimate of drug-likeness (QED) is 0.426. The lowest BCUT2D eigenvalue weighted by Crippen LogP contribution is -2.22. The summed E-state index contributed by atoms with van der Waals surface area (Å²) in [6, 6.07) is 0. The fraction of sp³-hybridized carbons (Fsp3) is 0.909. The van der Waals surface area contributed by atoms with Crippen molar-refractivity contribution in [3.05, 3.63) is 12.2 Å². The summed E-state index contributed by atoms with van der Waals surface area (Å²) in [5, 5.41) is 0. The van der Waals surface area contributed by atoms with E-state index in [1.165, 1.54) is 31.4 Å². The van der Waals surface area contributed by atoms with E-state index in [0.29, 0.717) is 0 Å². The molecular weight excluding hydrogens is 278 g/mol. The van der Waals surface area contributed by atoms with Crippen LogP contribution in [-0.2, 0) is 0 Å². The Morgan fingerprint density at radius 3 is 1.48 bits per heavy atom. The molecule has 0 fully saturated rings. The highest BCUT2D eigenvalue weighted by molar-refractivity contribution is 4.90. The maximum atomic E-state index is 3.98. The van der Waals surface area contributed by atoms with Crippen molar-refractivity contribution in [2.24, 2.45) is 11.8 Å². The van der Waals surface area contributed by atoms with Crippen LogP contribution in [0.15, 0.2) is 12.2 Å². The molecule has 2 unspecified atom stereocenters. The molecule has 0 radical (unpaired) electrons. The van der Waals surface area contributed by atoms with Gasteiger partial charge in [-0.05, 0) is 51.7 Å². The summed E-state index contributed by atoms with van der Waals surface area (Å²) in [4.78, 5) is 2.38. The molecule has 0 aromatic carbocycles. The lowest BCUT2D eigenvalue weighted by molar-refractivity contribution is 0.280. The van der Waals surface area contributed by atoms with Crippen LogP contribution in [0.1, 0.15) is 102 Å². The van der Waals surface area contributed by atoms with Crippen LogP contribution in [-0.4, -0.2) is 25.0 Å². The van der Waals surface area contributed by atoms with Crippen LogP contribution in [0.2, 0.25) is 0 Å². The fourth-order valence-electron chi connectivity index (χ4n) is 1.62. The molecule has 0 N–H and O–H groups in total. The zero-order valence-corrected chi connectivity index (χ0v) is 19.3. The molecule has 1 nitrogen and oxygen atoms in total. The predicted molar refractivity (Wildman–Crippen MR) is 116 cm³/mol. The third kappa shape index (κ3) is 39.0. The van der Waals surface area contributed by atoms with Gasteiger partial charge in [-0.15, -0.1) is 6.58 Å². The predicted octanol–water partition coefficient (Wildman–Crippen LogP) is 8.06. The van der Waals surface area contributed by atoms with Crippen LogP contribution in [0.25, 0.3) is 0 Å². The first kappa shape index (κ1) is 34.1. The van der Waals surface area contributed by atoms with Crippen molar-refractivity contribution in [3.63, 3.8) is 0 Å². The highest BCUT2D eigenvalue weighted by Crippen LogP contribution is 2.21. The summed E-state index contributed by atoms with van der Waals surface area (Å²) >= 11 is 0. The largest absolute Gasteiger partial charge is 0.307 e. The molecule has 0 amide bonds. The monoisotopic (exact) mass is 331 g/mol. The number of hydrogen-bond donors (Lipinski definition) is 0. The van der Waals surface area contributed by atoms with Crippen LogP contribution in [0, 0.1) is 11.8 Å². The van der Waals surface area contributed by atoms with Gasteiger partial charge < -0.3 is 4.90 Å². The van der Waals surface area contributed by atoms with Gasteiger partial charge in [0.2, 0.25) is 0 Å². The average molecular weight is 332 g/mol. The topological polar surface area (TPSA) is 3.24 Å². The fourth-order valence-corrected chi connectivity index (χ4v) is 1.62. The molecule has 0 aliphatic heterocycles. The van der Waals surface area contributed by atoms with E-state index < -0.39 is 0 Å². The molecule has 2 atom stereocenters. The summed E-state index contributed by atoms with van der Waals surface area (Å²) in [6.45, 7) is 31.6. The van der Waals surface area contributed by atoms with E-state index in [1.807, 2.05) is 41.5 Å². The molecule has 0 bridgehead atoms. The molecule has 0 aliphatic carbocycles. The number of allylic oxidation sites excluding steroid dienone is 1. The van der Waals surface area contributed by atoms with Gasteiger partial charge in [-0.25, -0.2) is 0 Å². The Morgan fingerprint density at radius 1 is 0.870 bits per heavy atom. The highest BCUT2D eigenvalue weighted by atomic mass is 15.1. The molecule has 0 heterocycles. The van der Waals surface area contributed by atoms with Crippen molar-refractivity contribution in [3.8, 4) is 0 Å². The second-order valence-electron chi connectivity index (χ2n) is 5.51.